The first-order valence-corrected chi connectivity index (χ1v) is 8.04. The van der Waals surface area contributed by atoms with E-state index in [4.69, 9.17) is 5.11 Å². The maximum atomic E-state index is 12.1. The van der Waals surface area contributed by atoms with Gasteiger partial charge in [-0.25, -0.2) is 4.79 Å². The van der Waals surface area contributed by atoms with E-state index < -0.39 is 5.97 Å². The molecule has 1 N–H and O–H groups in total. The fraction of sp³-hybridized carbons (Fsp3) is 0.250. The van der Waals surface area contributed by atoms with E-state index >= 15 is 0 Å². The van der Waals surface area contributed by atoms with E-state index in [1.165, 1.54) is 4.90 Å². The number of aromatic carboxylic acids is 1. The zero-order valence-corrected chi connectivity index (χ0v) is 15.5. The second-order valence-electron chi connectivity index (χ2n) is 6.34. The van der Waals surface area contributed by atoms with E-state index in [0.717, 1.165) is 28.2 Å². The molecule has 0 saturated carbocycles. The van der Waals surface area contributed by atoms with E-state index in [2.05, 4.69) is 0 Å². The van der Waals surface area contributed by atoms with Gasteiger partial charge < -0.3 is 14.6 Å². The van der Waals surface area contributed by atoms with E-state index in [0.29, 0.717) is 0 Å². The Hall–Kier alpha value is -3.33. The van der Waals surface area contributed by atoms with Crippen LogP contribution < -0.4 is 0 Å². The maximum absolute atomic E-state index is 12.1. The Morgan fingerprint density at radius 1 is 1.19 bits per heavy atom. The molecule has 1 aromatic carbocycles. The van der Waals surface area contributed by atoms with Gasteiger partial charge in [-0.15, -0.1) is 0 Å². The molecule has 2 rings (SSSR count). The predicted octanol–water partition coefficient (Wildman–Crippen LogP) is 3.10. The van der Waals surface area contributed by atoms with Gasteiger partial charge in [-0.3, -0.25) is 4.79 Å². The molecule has 1 amide bonds. The molecule has 0 aliphatic rings. The van der Waals surface area contributed by atoms with Crippen molar-refractivity contribution in [1.82, 2.24) is 9.47 Å². The Morgan fingerprint density at radius 3 is 2.35 bits per heavy atom. The van der Waals surface area contributed by atoms with Gasteiger partial charge in [-0.2, -0.15) is 5.26 Å². The van der Waals surface area contributed by atoms with Crippen molar-refractivity contribution in [2.75, 3.05) is 14.1 Å². The lowest BCUT2D eigenvalue weighted by Gasteiger charge is -2.13. The van der Waals surface area contributed by atoms with Crippen molar-refractivity contribution in [2.24, 2.45) is 0 Å². The SMILES string of the molecule is Cc1cc(C(=O)O)ccc1-n1c(C)cc(/C=C(/C#N)C(=O)N(C)C)c1C. The van der Waals surface area contributed by atoms with Crippen LogP contribution in [0.5, 0.6) is 0 Å². The highest BCUT2D eigenvalue weighted by molar-refractivity contribution is 6.01. The van der Waals surface area contributed by atoms with Gasteiger partial charge in [0, 0.05) is 31.2 Å². The van der Waals surface area contributed by atoms with Gasteiger partial charge in [0.15, 0.2) is 0 Å². The van der Waals surface area contributed by atoms with E-state index in [1.54, 1.807) is 38.4 Å². The van der Waals surface area contributed by atoms with E-state index in [-0.39, 0.29) is 17.0 Å². The van der Waals surface area contributed by atoms with Crippen molar-refractivity contribution in [3.8, 4) is 11.8 Å². The van der Waals surface area contributed by atoms with Crippen molar-refractivity contribution in [3.05, 3.63) is 57.9 Å². The molecule has 0 saturated heterocycles. The van der Waals surface area contributed by atoms with Crippen LogP contribution >= 0.6 is 0 Å². The smallest absolute Gasteiger partial charge is 0.335 e. The average molecular weight is 351 g/mol. The number of aromatic nitrogens is 1. The Labute approximate surface area is 152 Å². The number of benzene rings is 1. The van der Waals surface area contributed by atoms with Gasteiger partial charge >= 0.3 is 5.97 Å². The summed E-state index contributed by atoms with van der Waals surface area (Å²) >= 11 is 0. The minimum absolute atomic E-state index is 0.0631. The summed E-state index contributed by atoms with van der Waals surface area (Å²) in [6.07, 6.45) is 1.59. The molecule has 6 nitrogen and oxygen atoms in total. The predicted molar refractivity (Wildman–Crippen MR) is 99.2 cm³/mol. The first kappa shape index (κ1) is 19.0. The molecule has 26 heavy (non-hydrogen) atoms. The van der Waals surface area contributed by atoms with Crippen LogP contribution in [0.1, 0.15) is 32.9 Å². The van der Waals surface area contributed by atoms with Crippen LogP contribution in [0.4, 0.5) is 0 Å². The van der Waals surface area contributed by atoms with E-state index in [1.807, 2.05) is 37.5 Å². The third-order valence-corrected chi connectivity index (χ3v) is 4.21. The van der Waals surface area contributed by atoms with Crippen LogP contribution in [0.3, 0.4) is 0 Å². The average Bonchev–Trinajstić information content (AvgIpc) is 2.85. The number of amides is 1. The lowest BCUT2D eigenvalue weighted by Crippen LogP contribution is -2.22. The van der Waals surface area contributed by atoms with Gasteiger partial charge in [-0.05, 0) is 62.2 Å². The first-order chi connectivity index (χ1) is 12.2. The number of rotatable bonds is 4. The van der Waals surface area contributed by atoms with Crippen LogP contribution in [-0.4, -0.2) is 40.5 Å². The minimum atomic E-state index is -0.968. The molecule has 1 aromatic heterocycles. The van der Waals surface area contributed by atoms with Crippen molar-refractivity contribution in [2.45, 2.75) is 20.8 Å². The van der Waals surface area contributed by atoms with Gasteiger partial charge in [0.2, 0.25) is 0 Å². The summed E-state index contributed by atoms with van der Waals surface area (Å²) in [5.74, 6) is -1.32. The molecule has 6 heteroatoms. The summed E-state index contributed by atoms with van der Waals surface area (Å²) in [6.45, 7) is 5.68. The molecular formula is C20H21N3O3. The fourth-order valence-corrected chi connectivity index (χ4v) is 2.88. The molecule has 0 aliphatic heterocycles. The number of likely N-dealkylation sites (N-methyl/N-ethyl adjacent to an activating group) is 1. The van der Waals surface area contributed by atoms with Crippen molar-refractivity contribution < 1.29 is 14.7 Å². The molecule has 0 atom stereocenters. The number of carbonyl (C=O) groups excluding carboxylic acids is 1. The summed E-state index contributed by atoms with van der Waals surface area (Å²) in [5, 5.41) is 18.4. The fourth-order valence-electron chi connectivity index (χ4n) is 2.88. The molecule has 2 aromatic rings. The molecule has 0 spiro atoms. The third kappa shape index (κ3) is 3.52. The van der Waals surface area contributed by atoms with Crippen LogP contribution in [0.25, 0.3) is 11.8 Å². The third-order valence-electron chi connectivity index (χ3n) is 4.21. The number of carboxylic acids is 1. The van der Waals surface area contributed by atoms with Gasteiger partial charge in [0.1, 0.15) is 11.6 Å². The topological polar surface area (TPSA) is 86.3 Å². The molecule has 134 valence electrons. The molecule has 0 aliphatic carbocycles. The number of carboxylic acid groups (broad SMARTS) is 1. The largest absolute Gasteiger partial charge is 0.478 e. The lowest BCUT2D eigenvalue weighted by molar-refractivity contribution is -0.124. The molecule has 0 unspecified atom stereocenters. The Balaban J connectivity index is 2.57. The Bertz CT molecular complexity index is 959. The zero-order valence-electron chi connectivity index (χ0n) is 15.5. The maximum Gasteiger partial charge on any atom is 0.335 e. The summed E-state index contributed by atoms with van der Waals surface area (Å²) < 4.78 is 1.99. The molecule has 1 heterocycles. The van der Waals surface area contributed by atoms with Gasteiger partial charge in [-0.1, -0.05) is 0 Å². The molecular weight excluding hydrogens is 330 g/mol. The van der Waals surface area contributed by atoms with Crippen LogP contribution in [-0.2, 0) is 4.79 Å². The minimum Gasteiger partial charge on any atom is -0.478 e. The van der Waals surface area contributed by atoms with E-state index in [9.17, 15) is 14.9 Å². The van der Waals surface area contributed by atoms with Crippen LogP contribution in [0.15, 0.2) is 29.8 Å². The van der Waals surface area contributed by atoms with Gasteiger partial charge in [0.05, 0.1) is 5.56 Å². The lowest BCUT2D eigenvalue weighted by atomic mass is 10.1. The highest BCUT2D eigenvalue weighted by Gasteiger charge is 2.16. The normalized spacial score (nSPS) is 11.2. The number of nitriles is 1. The summed E-state index contributed by atoms with van der Waals surface area (Å²) in [5.41, 5.74) is 4.55. The summed E-state index contributed by atoms with van der Waals surface area (Å²) in [6, 6.07) is 8.82. The Kier molecular flexibility index (Phi) is 5.32. The number of hydrogen-bond acceptors (Lipinski definition) is 3. The monoisotopic (exact) mass is 351 g/mol. The summed E-state index contributed by atoms with van der Waals surface area (Å²) in [4.78, 5) is 24.6. The molecule has 0 radical (unpaired) electrons. The second-order valence-corrected chi connectivity index (χ2v) is 6.34. The van der Waals surface area contributed by atoms with Crippen LogP contribution in [0.2, 0.25) is 0 Å². The number of nitrogens with zero attached hydrogens (tertiary/aromatic N) is 3. The zero-order chi connectivity index (χ0) is 19.6. The highest BCUT2D eigenvalue weighted by Crippen LogP contribution is 2.25. The van der Waals surface area contributed by atoms with Crippen molar-refractivity contribution in [1.29, 1.82) is 5.26 Å². The van der Waals surface area contributed by atoms with Crippen LogP contribution in [0, 0.1) is 32.1 Å². The van der Waals surface area contributed by atoms with Crippen molar-refractivity contribution in [3.63, 3.8) is 0 Å². The van der Waals surface area contributed by atoms with Crippen molar-refractivity contribution >= 4 is 18.0 Å². The van der Waals surface area contributed by atoms with Gasteiger partial charge in [0.25, 0.3) is 5.91 Å². The first-order valence-electron chi connectivity index (χ1n) is 8.04. The molecule has 0 bridgehead atoms. The number of aryl methyl sites for hydroxylation is 2. The number of hydrogen-bond donors (Lipinski definition) is 1. The quantitative estimate of drug-likeness (QED) is 0.677. The molecule has 0 fully saturated rings. The Morgan fingerprint density at radius 2 is 1.85 bits per heavy atom. The standard InChI is InChI=1S/C20H21N3O3/c1-12-8-15(20(25)26)6-7-18(12)23-13(2)9-16(14(23)3)10-17(11-21)19(24)22(4)5/h6-10H,1-5H3,(H,25,26)/b17-10-. The highest BCUT2D eigenvalue weighted by atomic mass is 16.4. The summed E-state index contributed by atoms with van der Waals surface area (Å²) in [7, 11) is 3.20. The number of carbonyl (C=O) groups is 2. The second kappa shape index (κ2) is 7.28.